The molecule has 0 radical (unpaired) electrons. The zero-order chi connectivity index (χ0) is 12.3. The van der Waals surface area contributed by atoms with E-state index in [9.17, 15) is 4.39 Å². The molecule has 1 aliphatic carbocycles. The second-order valence-electron chi connectivity index (χ2n) is 5.00. The third-order valence-corrected chi connectivity index (χ3v) is 4.20. The molecule has 2 N–H and O–H groups in total. The Kier molecular flexibility index (Phi) is 4.57. The first-order chi connectivity index (χ1) is 8.16. The largest absolute Gasteiger partial charge is 0.327 e. The molecule has 0 aliphatic heterocycles. The van der Waals surface area contributed by atoms with Crippen LogP contribution in [0.1, 0.15) is 37.7 Å². The van der Waals surface area contributed by atoms with Crippen LogP contribution < -0.4 is 5.73 Å². The zero-order valence-corrected chi connectivity index (χ0v) is 11.5. The molecular weight excluding hydrogens is 281 g/mol. The summed E-state index contributed by atoms with van der Waals surface area (Å²) >= 11 is 3.39. The van der Waals surface area contributed by atoms with Gasteiger partial charge in [0.05, 0.1) is 0 Å². The van der Waals surface area contributed by atoms with Gasteiger partial charge in [-0.1, -0.05) is 35.2 Å². The van der Waals surface area contributed by atoms with Crippen molar-refractivity contribution in [2.24, 2.45) is 11.7 Å². The maximum atomic E-state index is 13.7. The SMILES string of the molecule is NC1CCCCCC1Cc1cc(Br)ccc1F. The summed E-state index contributed by atoms with van der Waals surface area (Å²) in [6, 6.07) is 5.39. The molecule has 0 bridgehead atoms. The van der Waals surface area contributed by atoms with Crippen LogP contribution in [0.4, 0.5) is 4.39 Å². The van der Waals surface area contributed by atoms with Gasteiger partial charge in [-0.2, -0.15) is 0 Å². The highest BCUT2D eigenvalue weighted by Crippen LogP contribution is 2.27. The summed E-state index contributed by atoms with van der Waals surface area (Å²) in [5.41, 5.74) is 6.97. The molecule has 94 valence electrons. The van der Waals surface area contributed by atoms with E-state index in [-0.39, 0.29) is 11.9 Å². The fraction of sp³-hybridized carbons (Fsp3) is 0.571. The second-order valence-corrected chi connectivity index (χ2v) is 5.92. The maximum absolute atomic E-state index is 13.7. The molecule has 0 aromatic heterocycles. The first kappa shape index (κ1) is 13.0. The number of halogens is 2. The predicted octanol–water partition coefficient (Wildman–Crippen LogP) is 4.04. The maximum Gasteiger partial charge on any atom is 0.126 e. The summed E-state index contributed by atoms with van der Waals surface area (Å²) < 4.78 is 14.6. The van der Waals surface area contributed by atoms with E-state index in [1.807, 2.05) is 6.07 Å². The molecule has 0 heterocycles. The Morgan fingerprint density at radius 3 is 2.82 bits per heavy atom. The van der Waals surface area contributed by atoms with E-state index in [0.29, 0.717) is 5.92 Å². The highest BCUT2D eigenvalue weighted by Gasteiger charge is 2.21. The molecular formula is C14H19BrFN. The average Bonchev–Trinajstić information content (AvgIpc) is 2.50. The van der Waals surface area contributed by atoms with Crippen molar-refractivity contribution in [1.82, 2.24) is 0 Å². The molecule has 0 saturated heterocycles. The lowest BCUT2D eigenvalue weighted by Gasteiger charge is -2.21. The monoisotopic (exact) mass is 299 g/mol. The van der Waals surface area contributed by atoms with Gasteiger partial charge in [-0.05, 0) is 48.9 Å². The molecule has 1 saturated carbocycles. The van der Waals surface area contributed by atoms with Crippen LogP contribution in [0.25, 0.3) is 0 Å². The Labute approximate surface area is 111 Å². The summed E-state index contributed by atoms with van der Waals surface area (Å²) in [5, 5.41) is 0. The van der Waals surface area contributed by atoms with Crippen LogP contribution in [0.15, 0.2) is 22.7 Å². The van der Waals surface area contributed by atoms with E-state index >= 15 is 0 Å². The lowest BCUT2D eigenvalue weighted by molar-refractivity contribution is 0.390. The third-order valence-electron chi connectivity index (χ3n) is 3.71. The van der Waals surface area contributed by atoms with Gasteiger partial charge >= 0.3 is 0 Å². The molecule has 0 amide bonds. The molecule has 1 fully saturated rings. The number of nitrogens with two attached hydrogens (primary N) is 1. The number of rotatable bonds is 2. The molecule has 1 aromatic rings. The highest BCUT2D eigenvalue weighted by molar-refractivity contribution is 9.10. The standard InChI is InChI=1S/C14H19BrFN/c15-12-6-7-13(16)11(9-12)8-10-4-2-1-3-5-14(10)17/h6-7,9-10,14H,1-5,8,17H2. The van der Waals surface area contributed by atoms with E-state index in [1.165, 1.54) is 25.3 Å². The first-order valence-corrected chi connectivity index (χ1v) is 7.15. The van der Waals surface area contributed by atoms with Crippen LogP contribution in [0.2, 0.25) is 0 Å². The van der Waals surface area contributed by atoms with Gasteiger partial charge in [0.25, 0.3) is 0 Å². The van der Waals surface area contributed by atoms with Gasteiger partial charge in [-0.3, -0.25) is 0 Å². The van der Waals surface area contributed by atoms with Gasteiger partial charge in [0.15, 0.2) is 0 Å². The molecule has 0 spiro atoms. The normalized spacial score (nSPS) is 25.6. The molecule has 2 unspecified atom stereocenters. The molecule has 17 heavy (non-hydrogen) atoms. The lowest BCUT2D eigenvalue weighted by Crippen LogP contribution is -2.30. The van der Waals surface area contributed by atoms with Gasteiger partial charge in [-0.25, -0.2) is 4.39 Å². The summed E-state index contributed by atoms with van der Waals surface area (Å²) in [5.74, 6) is 0.325. The quantitative estimate of drug-likeness (QED) is 0.820. The lowest BCUT2D eigenvalue weighted by atomic mass is 9.89. The van der Waals surface area contributed by atoms with Gasteiger partial charge in [0.1, 0.15) is 5.82 Å². The van der Waals surface area contributed by atoms with Crippen LogP contribution in [-0.4, -0.2) is 6.04 Å². The highest BCUT2D eigenvalue weighted by atomic mass is 79.9. The second kappa shape index (κ2) is 5.96. The van der Waals surface area contributed by atoms with Crippen molar-refractivity contribution in [1.29, 1.82) is 0 Å². The van der Waals surface area contributed by atoms with Crippen LogP contribution >= 0.6 is 15.9 Å². The predicted molar refractivity (Wildman–Crippen MR) is 72.4 cm³/mol. The Morgan fingerprint density at radius 2 is 2.00 bits per heavy atom. The Hall–Kier alpha value is -0.410. The molecule has 3 heteroatoms. The van der Waals surface area contributed by atoms with Crippen molar-refractivity contribution in [2.45, 2.75) is 44.6 Å². The summed E-state index contributed by atoms with van der Waals surface area (Å²) in [6.45, 7) is 0. The number of hydrogen-bond donors (Lipinski definition) is 1. The fourth-order valence-electron chi connectivity index (χ4n) is 2.65. The van der Waals surface area contributed by atoms with E-state index in [0.717, 1.165) is 29.3 Å². The van der Waals surface area contributed by atoms with Gasteiger partial charge in [0, 0.05) is 10.5 Å². The van der Waals surface area contributed by atoms with Crippen LogP contribution in [0.3, 0.4) is 0 Å². The number of benzene rings is 1. The Balaban J connectivity index is 2.10. The first-order valence-electron chi connectivity index (χ1n) is 6.36. The minimum absolute atomic E-state index is 0.107. The van der Waals surface area contributed by atoms with Gasteiger partial charge < -0.3 is 5.73 Å². The van der Waals surface area contributed by atoms with Crippen molar-refractivity contribution < 1.29 is 4.39 Å². The van der Waals surface area contributed by atoms with E-state index in [4.69, 9.17) is 5.73 Å². The van der Waals surface area contributed by atoms with Crippen molar-refractivity contribution >= 4 is 15.9 Å². The average molecular weight is 300 g/mol. The minimum atomic E-state index is -0.107. The fourth-order valence-corrected chi connectivity index (χ4v) is 3.06. The number of hydrogen-bond acceptors (Lipinski definition) is 1. The molecule has 1 nitrogen and oxygen atoms in total. The van der Waals surface area contributed by atoms with E-state index < -0.39 is 0 Å². The van der Waals surface area contributed by atoms with Crippen LogP contribution in [0.5, 0.6) is 0 Å². The molecule has 2 atom stereocenters. The molecule has 1 aromatic carbocycles. The Bertz CT molecular complexity index is 380. The summed E-state index contributed by atoms with van der Waals surface area (Å²) in [7, 11) is 0. The molecule has 1 aliphatic rings. The van der Waals surface area contributed by atoms with Crippen molar-refractivity contribution in [3.63, 3.8) is 0 Å². The van der Waals surface area contributed by atoms with Gasteiger partial charge in [0.2, 0.25) is 0 Å². The third kappa shape index (κ3) is 3.52. The summed E-state index contributed by atoms with van der Waals surface area (Å²) in [4.78, 5) is 0. The Morgan fingerprint density at radius 1 is 1.24 bits per heavy atom. The minimum Gasteiger partial charge on any atom is -0.327 e. The van der Waals surface area contributed by atoms with Crippen molar-refractivity contribution in [3.05, 3.63) is 34.1 Å². The van der Waals surface area contributed by atoms with Crippen LogP contribution in [-0.2, 0) is 6.42 Å². The van der Waals surface area contributed by atoms with E-state index in [2.05, 4.69) is 15.9 Å². The van der Waals surface area contributed by atoms with Crippen LogP contribution in [0, 0.1) is 11.7 Å². The van der Waals surface area contributed by atoms with Crippen molar-refractivity contribution in [3.8, 4) is 0 Å². The topological polar surface area (TPSA) is 26.0 Å². The smallest absolute Gasteiger partial charge is 0.126 e. The molecule has 2 rings (SSSR count). The van der Waals surface area contributed by atoms with Gasteiger partial charge in [-0.15, -0.1) is 0 Å². The zero-order valence-electron chi connectivity index (χ0n) is 9.96. The van der Waals surface area contributed by atoms with E-state index in [1.54, 1.807) is 6.07 Å². The summed E-state index contributed by atoms with van der Waals surface area (Å²) in [6.07, 6.45) is 6.71. The van der Waals surface area contributed by atoms with Crippen molar-refractivity contribution in [2.75, 3.05) is 0 Å².